The quantitative estimate of drug-likeness (QED) is 0.833. The second-order valence-corrected chi connectivity index (χ2v) is 5.23. The van der Waals surface area contributed by atoms with E-state index >= 15 is 0 Å². The summed E-state index contributed by atoms with van der Waals surface area (Å²) in [6.45, 7) is 5.73. The van der Waals surface area contributed by atoms with Crippen molar-refractivity contribution in [2.24, 2.45) is 5.92 Å². The Bertz CT molecular complexity index is 392. The number of methoxy groups -OCH3 is 1. The Morgan fingerprint density at radius 3 is 2.94 bits per heavy atom. The normalized spacial score (nSPS) is 20.9. The van der Waals surface area contributed by atoms with Crippen LogP contribution in [-0.4, -0.2) is 25.1 Å². The Morgan fingerprint density at radius 2 is 2.28 bits per heavy atom. The molecule has 0 aliphatic carbocycles. The molecule has 0 spiro atoms. The van der Waals surface area contributed by atoms with Gasteiger partial charge in [-0.2, -0.15) is 0 Å². The third kappa shape index (κ3) is 3.16. The fraction of sp³-hybridized carbons (Fsp3) is 0.600. The highest BCUT2D eigenvalue weighted by atomic mass is 16.5. The van der Waals surface area contributed by atoms with E-state index in [1.807, 2.05) is 12.1 Å². The minimum atomic E-state index is 0.735. The predicted octanol–water partition coefficient (Wildman–Crippen LogP) is 2.90. The molecule has 2 rings (SSSR count). The third-order valence-corrected chi connectivity index (χ3v) is 3.88. The highest BCUT2D eigenvalue weighted by Gasteiger charge is 2.18. The third-order valence-electron chi connectivity index (χ3n) is 3.88. The minimum Gasteiger partial charge on any atom is -0.495 e. The maximum atomic E-state index is 5.95. The Kier molecular flexibility index (Phi) is 4.48. The van der Waals surface area contributed by atoms with Gasteiger partial charge in [0.1, 0.15) is 5.75 Å². The summed E-state index contributed by atoms with van der Waals surface area (Å²) in [6, 6.07) is 6.12. The number of piperidine rings is 1. The van der Waals surface area contributed by atoms with Crippen LogP contribution in [-0.2, 0) is 6.54 Å². The lowest BCUT2D eigenvalue weighted by Crippen LogP contribution is -2.34. The molecule has 3 heteroatoms. The van der Waals surface area contributed by atoms with Crippen LogP contribution in [0.4, 0.5) is 5.69 Å². The van der Waals surface area contributed by atoms with Gasteiger partial charge in [-0.15, -0.1) is 0 Å². The van der Waals surface area contributed by atoms with Gasteiger partial charge in [0.15, 0.2) is 0 Å². The number of benzene rings is 1. The van der Waals surface area contributed by atoms with Crippen molar-refractivity contribution in [1.29, 1.82) is 0 Å². The van der Waals surface area contributed by atoms with Crippen LogP contribution in [0.2, 0.25) is 0 Å². The van der Waals surface area contributed by atoms with Crippen LogP contribution < -0.4 is 10.5 Å². The minimum absolute atomic E-state index is 0.735. The number of hydrogen-bond donors (Lipinski definition) is 1. The van der Waals surface area contributed by atoms with E-state index in [1.54, 1.807) is 7.11 Å². The highest BCUT2D eigenvalue weighted by Crippen LogP contribution is 2.25. The van der Waals surface area contributed by atoms with Crippen molar-refractivity contribution in [2.45, 2.75) is 32.7 Å². The average Bonchev–Trinajstić information content (AvgIpc) is 2.39. The lowest BCUT2D eigenvalue weighted by atomic mass is 9.95. The van der Waals surface area contributed by atoms with Gasteiger partial charge in [-0.25, -0.2) is 0 Å². The van der Waals surface area contributed by atoms with Crippen LogP contribution in [0.3, 0.4) is 0 Å². The number of anilines is 1. The van der Waals surface area contributed by atoms with E-state index in [4.69, 9.17) is 10.5 Å². The second-order valence-electron chi connectivity index (χ2n) is 5.23. The van der Waals surface area contributed by atoms with Gasteiger partial charge in [0, 0.05) is 13.1 Å². The topological polar surface area (TPSA) is 38.5 Å². The maximum Gasteiger partial charge on any atom is 0.141 e. The molecule has 0 saturated carbocycles. The number of hydrogen-bond acceptors (Lipinski definition) is 3. The van der Waals surface area contributed by atoms with E-state index in [0.29, 0.717) is 0 Å². The van der Waals surface area contributed by atoms with Crippen molar-refractivity contribution >= 4 is 5.69 Å². The Balaban J connectivity index is 1.98. The molecule has 1 heterocycles. The zero-order valence-electron chi connectivity index (χ0n) is 11.5. The first-order valence-corrected chi connectivity index (χ1v) is 6.87. The molecular formula is C15H24N2O. The van der Waals surface area contributed by atoms with Gasteiger partial charge in [0.05, 0.1) is 12.8 Å². The molecule has 1 aromatic rings. The summed E-state index contributed by atoms with van der Waals surface area (Å²) in [4.78, 5) is 2.54. The van der Waals surface area contributed by atoms with Crippen molar-refractivity contribution in [2.75, 3.05) is 25.9 Å². The number of nitrogens with two attached hydrogens (primary N) is 1. The van der Waals surface area contributed by atoms with Gasteiger partial charge < -0.3 is 10.5 Å². The number of ether oxygens (including phenoxy) is 1. The van der Waals surface area contributed by atoms with Crippen molar-refractivity contribution in [3.63, 3.8) is 0 Å². The first-order valence-electron chi connectivity index (χ1n) is 6.87. The van der Waals surface area contributed by atoms with Crippen LogP contribution in [0.25, 0.3) is 0 Å². The number of rotatable bonds is 4. The molecular weight excluding hydrogens is 224 g/mol. The second kappa shape index (κ2) is 6.10. The Hall–Kier alpha value is -1.22. The summed E-state index contributed by atoms with van der Waals surface area (Å²) in [7, 11) is 1.65. The lowest BCUT2D eigenvalue weighted by molar-refractivity contribution is 0.165. The van der Waals surface area contributed by atoms with Crippen LogP contribution in [0.1, 0.15) is 31.7 Å². The van der Waals surface area contributed by atoms with Gasteiger partial charge in [0.2, 0.25) is 0 Å². The Morgan fingerprint density at radius 1 is 1.44 bits per heavy atom. The highest BCUT2D eigenvalue weighted by molar-refractivity contribution is 5.54. The van der Waals surface area contributed by atoms with Crippen LogP contribution >= 0.6 is 0 Å². The molecule has 1 aliphatic rings. The zero-order valence-corrected chi connectivity index (χ0v) is 11.5. The maximum absolute atomic E-state index is 5.95. The summed E-state index contributed by atoms with van der Waals surface area (Å²) in [5.74, 6) is 1.64. The molecule has 2 N–H and O–H groups in total. The fourth-order valence-electron chi connectivity index (χ4n) is 2.77. The molecule has 3 nitrogen and oxygen atoms in total. The van der Waals surface area contributed by atoms with Crippen molar-refractivity contribution in [1.82, 2.24) is 4.90 Å². The van der Waals surface area contributed by atoms with Crippen LogP contribution in [0.5, 0.6) is 5.75 Å². The van der Waals surface area contributed by atoms with Crippen molar-refractivity contribution < 1.29 is 4.74 Å². The summed E-state index contributed by atoms with van der Waals surface area (Å²) in [5.41, 5.74) is 7.96. The molecule has 0 aromatic heterocycles. The largest absolute Gasteiger partial charge is 0.495 e. The van der Waals surface area contributed by atoms with Crippen molar-refractivity contribution in [3.8, 4) is 5.75 Å². The first kappa shape index (κ1) is 13.2. The molecule has 18 heavy (non-hydrogen) atoms. The fourth-order valence-corrected chi connectivity index (χ4v) is 2.77. The average molecular weight is 248 g/mol. The number of nitrogen functional groups attached to an aromatic ring is 1. The molecule has 1 fully saturated rings. The lowest BCUT2D eigenvalue weighted by Gasteiger charge is -2.32. The standard InChI is InChI=1S/C15H24N2O/c1-3-12-5-4-8-17(10-12)11-13-6-7-15(18-2)14(16)9-13/h6-7,9,12H,3-5,8,10-11,16H2,1-2H3. The van der Waals surface area contributed by atoms with Crippen LogP contribution in [0.15, 0.2) is 18.2 Å². The molecule has 1 unspecified atom stereocenters. The SMILES string of the molecule is CCC1CCCN(Cc2ccc(OC)c(N)c2)C1. The number of likely N-dealkylation sites (tertiary alicyclic amines) is 1. The molecule has 1 aromatic carbocycles. The van der Waals surface area contributed by atoms with Gasteiger partial charge in [-0.3, -0.25) is 4.90 Å². The summed E-state index contributed by atoms with van der Waals surface area (Å²) < 4.78 is 5.19. The van der Waals surface area contributed by atoms with E-state index in [1.165, 1.54) is 37.9 Å². The summed E-state index contributed by atoms with van der Waals surface area (Å²) in [6.07, 6.45) is 4.00. The number of nitrogens with zero attached hydrogens (tertiary/aromatic N) is 1. The van der Waals surface area contributed by atoms with E-state index in [-0.39, 0.29) is 0 Å². The first-order chi connectivity index (χ1) is 8.72. The predicted molar refractivity (Wildman–Crippen MR) is 75.7 cm³/mol. The molecule has 1 aliphatic heterocycles. The van der Waals surface area contributed by atoms with Crippen molar-refractivity contribution in [3.05, 3.63) is 23.8 Å². The van der Waals surface area contributed by atoms with E-state index in [9.17, 15) is 0 Å². The molecule has 1 atom stereocenters. The van der Waals surface area contributed by atoms with E-state index in [0.717, 1.165) is 23.9 Å². The van der Waals surface area contributed by atoms with Gasteiger partial charge in [-0.1, -0.05) is 19.4 Å². The molecule has 0 radical (unpaired) electrons. The molecule has 1 saturated heterocycles. The Labute approximate surface area is 110 Å². The monoisotopic (exact) mass is 248 g/mol. The van der Waals surface area contributed by atoms with Gasteiger partial charge in [0.25, 0.3) is 0 Å². The molecule has 0 bridgehead atoms. The smallest absolute Gasteiger partial charge is 0.141 e. The van der Waals surface area contributed by atoms with E-state index < -0.39 is 0 Å². The van der Waals surface area contributed by atoms with E-state index in [2.05, 4.69) is 17.9 Å². The van der Waals surface area contributed by atoms with Gasteiger partial charge in [-0.05, 0) is 43.0 Å². The summed E-state index contributed by atoms with van der Waals surface area (Å²) in [5, 5.41) is 0. The molecule has 100 valence electrons. The van der Waals surface area contributed by atoms with Crippen LogP contribution in [0, 0.1) is 5.92 Å². The van der Waals surface area contributed by atoms with Gasteiger partial charge >= 0.3 is 0 Å². The molecule has 0 amide bonds. The zero-order chi connectivity index (χ0) is 13.0. The summed E-state index contributed by atoms with van der Waals surface area (Å²) >= 11 is 0.